The number of phenolic OH excluding ortho intramolecular Hbond substituents is 1. The van der Waals surface area contributed by atoms with E-state index in [1.54, 1.807) is 0 Å². The number of hydrogen-bond acceptors (Lipinski definition) is 5. The van der Waals surface area contributed by atoms with Crippen LogP contribution in [-0.2, 0) is 9.84 Å². The van der Waals surface area contributed by atoms with Crippen molar-refractivity contribution >= 4 is 33.0 Å². The molecule has 0 aromatic heterocycles. The van der Waals surface area contributed by atoms with Crippen LogP contribution in [0, 0.1) is 5.41 Å². The first-order valence-corrected chi connectivity index (χ1v) is 12.7. The average Bonchev–Trinajstić information content (AvgIpc) is 2.75. The van der Waals surface area contributed by atoms with Gasteiger partial charge in [-0.15, -0.1) is 11.8 Å². The Labute approximate surface area is 172 Å². The molecule has 0 amide bonds. The molecule has 1 aliphatic heterocycles. The fourth-order valence-corrected chi connectivity index (χ4v) is 7.05. The minimum Gasteiger partial charge on any atom is -0.507 e. The molecule has 6 heteroatoms. The van der Waals surface area contributed by atoms with Gasteiger partial charge in [0.05, 0.1) is 21.2 Å². The Morgan fingerprint density at radius 1 is 1.11 bits per heavy atom. The topological polar surface area (TPSA) is 57.6 Å². The van der Waals surface area contributed by atoms with E-state index in [-0.39, 0.29) is 21.8 Å². The molecule has 2 aromatic rings. The van der Waals surface area contributed by atoms with Crippen molar-refractivity contribution in [2.75, 3.05) is 23.5 Å². The van der Waals surface area contributed by atoms with Crippen LogP contribution < -0.4 is 4.90 Å². The van der Waals surface area contributed by atoms with E-state index in [2.05, 4.69) is 18.7 Å². The standard InChI is InChI=1S/C22H29NO3S2/c1-4-11-22(12-5-2)15-23(17-9-7-6-8-10-17)18-13-20(27-3)19(24)14-21(18)28(25,26)16-22/h6-10,13-14,24H,4-5,11-12,15-16H2,1-3H3. The fourth-order valence-electron chi connectivity index (χ4n) is 4.44. The van der Waals surface area contributed by atoms with Crippen molar-refractivity contribution in [3.63, 3.8) is 0 Å². The van der Waals surface area contributed by atoms with E-state index in [0.717, 1.165) is 31.4 Å². The number of benzene rings is 2. The molecule has 2 aromatic carbocycles. The van der Waals surface area contributed by atoms with Crippen LogP contribution in [0.5, 0.6) is 5.75 Å². The molecule has 4 nitrogen and oxygen atoms in total. The van der Waals surface area contributed by atoms with Gasteiger partial charge in [0.2, 0.25) is 0 Å². The molecule has 0 saturated heterocycles. The Kier molecular flexibility index (Phi) is 6.30. The zero-order valence-electron chi connectivity index (χ0n) is 16.8. The van der Waals surface area contributed by atoms with Gasteiger partial charge >= 0.3 is 0 Å². The van der Waals surface area contributed by atoms with Crippen LogP contribution in [-0.4, -0.2) is 32.1 Å². The maximum absolute atomic E-state index is 13.4. The lowest BCUT2D eigenvalue weighted by Gasteiger charge is -2.37. The van der Waals surface area contributed by atoms with Gasteiger partial charge in [0.25, 0.3) is 0 Å². The number of aromatic hydroxyl groups is 1. The lowest BCUT2D eigenvalue weighted by atomic mass is 9.80. The summed E-state index contributed by atoms with van der Waals surface area (Å²) in [5.41, 5.74) is 1.34. The van der Waals surface area contributed by atoms with Crippen LogP contribution in [0.1, 0.15) is 39.5 Å². The van der Waals surface area contributed by atoms with Crippen molar-refractivity contribution in [3.8, 4) is 5.75 Å². The Morgan fingerprint density at radius 2 is 1.75 bits per heavy atom. The molecule has 0 unspecified atom stereocenters. The molecular weight excluding hydrogens is 390 g/mol. The number of hydrogen-bond donors (Lipinski definition) is 1. The summed E-state index contributed by atoms with van der Waals surface area (Å²) in [5.74, 6) is 0.150. The molecule has 152 valence electrons. The number of anilines is 2. The van der Waals surface area contributed by atoms with Gasteiger partial charge in [-0.1, -0.05) is 44.9 Å². The molecule has 0 fully saturated rings. The average molecular weight is 420 g/mol. The normalized spacial score (nSPS) is 17.8. The second-order valence-electron chi connectivity index (χ2n) is 7.67. The Bertz CT molecular complexity index is 920. The highest BCUT2D eigenvalue weighted by molar-refractivity contribution is 7.98. The number of rotatable bonds is 6. The number of para-hydroxylation sites is 1. The van der Waals surface area contributed by atoms with Crippen LogP contribution in [0.2, 0.25) is 0 Å². The Morgan fingerprint density at radius 3 is 2.32 bits per heavy atom. The van der Waals surface area contributed by atoms with Gasteiger partial charge in [0.15, 0.2) is 9.84 Å². The summed E-state index contributed by atoms with van der Waals surface area (Å²) in [6.45, 7) is 4.89. The molecule has 0 atom stereocenters. The summed E-state index contributed by atoms with van der Waals surface area (Å²) >= 11 is 1.42. The number of nitrogens with zero attached hydrogens (tertiary/aromatic N) is 1. The van der Waals surface area contributed by atoms with E-state index < -0.39 is 9.84 Å². The van der Waals surface area contributed by atoms with Crippen LogP contribution in [0.4, 0.5) is 11.4 Å². The van der Waals surface area contributed by atoms with Gasteiger partial charge in [-0.2, -0.15) is 0 Å². The highest BCUT2D eigenvalue weighted by atomic mass is 32.2. The van der Waals surface area contributed by atoms with Gasteiger partial charge in [0.1, 0.15) is 5.75 Å². The zero-order valence-corrected chi connectivity index (χ0v) is 18.4. The first-order chi connectivity index (χ1) is 13.4. The van der Waals surface area contributed by atoms with E-state index in [1.807, 2.05) is 42.7 Å². The molecule has 28 heavy (non-hydrogen) atoms. The maximum atomic E-state index is 13.4. The lowest BCUT2D eigenvalue weighted by molar-refractivity contribution is 0.281. The summed E-state index contributed by atoms with van der Waals surface area (Å²) in [5, 5.41) is 10.4. The predicted octanol–water partition coefficient (Wildman–Crippen LogP) is 5.63. The Balaban J connectivity index is 2.28. The molecule has 1 aliphatic rings. The fraction of sp³-hybridized carbons (Fsp3) is 0.455. The predicted molar refractivity (Wildman–Crippen MR) is 118 cm³/mol. The van der Waals surface area contributed by atoms with Gasteiger partial charge in [-0.3, -0.25) is 0 Å². The van der Waals surface area contributed by atoms with Crippen molar-refractivity contribution in [2.24, 2.45) is 5.41 Å². The van der Waals surface area contributed by atoms with Crippen molar-refractivity contribution < 1.29 is 13.5 Å². The van der Waals surface area contributed by atoms with E-state index in [9.17, 15) is 13.5 Å². The number of sulfone groups is 1. The molecule has 0 radical (unpaired) electrons. The number of fused-ring (bicyclic) bond motifs is 1. The SMILES string of the molecule is CCCC1(CCC)CN(c2ccccc2)c2cc(SC)c(O)cc2S(=O)(=O)C1. The van der Waals surface area contributed by atoms with Crippen molar-refractivity contribution in [3.05, 3.63) is 42.5 Å². The summed E-state index contributed by atoms with van der Waals surface area (Å²) < 4.78 is 26.9. The van der Waals surface area contributed by atoms with Crippen LogP contribution >= 0.6 is 11.8 Å². The summed E-state index contributed by atoms with van der Waals surface area (Å²) in [4.78, 5) is 3.07. The lowest BCUT2D eigenvalue weighted by Crippen LogP contribution is -2.38. The quantitative estimate of drug-likeness (QED) is 0.615. The van der Waals surface area contributed by atoms with Crippen LogP contribution in [0.25, 0.3) is 0 Å². The molecule has 0 bridgehead atoms. The second-order valence-corrected chi connectivity index (χ2v) is 10.5. The maximum Gasteiger partial charge on any atom is 0.181 e. The van der Waals surface area contributed by atoms with E-state index in [4.69, 9.17) is 0 Å². The van der Waals surface area contributed by atoms with Gasteiger partial charge < -0.3 is 10.0 Å². The molecule has 0 saturated carbocycles. The van der Waals surface area contributed by atoms with Gasteiger partial charge in [-0.25, -0.2) is 8.42 Å². The van der Waals surface area contributed by atoms with Crippen LogP contribution in [0.15, 0.2) is 52.3 Å². The first-order valence-electron chi connectivity index (χ1n) is 9.82. The molecule has 0 aliphatic carbocycles. The minimum absolute atomic E-state index is 0.0290. The van der Waals surface area contributed by atoms with E-state index in [0.29, 0.717) is 17.1 Å². The smallest absolute Gasteiger partial charge is 0.181 e. The summed E-state index contributed by atoms with van der Waals surface area (Å²) in [7, 11) is -3.53. The van der Waals surface area contributed by atoms with Gasteiger partial charge in [0, 0.05) is 23.7 Å². The molecular formula is C22H29NO3S2. The number of thioether (sulfide) groups is 1. The van der Waals surface area contributed by atoms with Crippen molar-refractivity contribution in [1.82, 2.24) is 0 Å². The third-order valence-electron chi connectivity index (χ3n) is 5.50. The largest absolute Gasteiger partial charge is 0.507 e. The third-order valence-corrected chi connectivity index (χ3v) is 8.26. The number of phenols is 1. The molecule has 1 heterocycles. The van der Waals surface area contributed by atoms with E-state index in [1.165, 1.54) is 17.8 Å². The van der Waals surface area contributed by atoms with Gasteiger partial charge in [-0.05, 0) is 37.3 Å². The molecule has 3 rings (SSSR count). The summed E-state index contributed by atoms with van der Waals surface area (Å²) in [6, 6.07) is 13.2. The van der Waals surface area contributed by atoms with Crippen molar-refractivity contribution in [2.45, 2.75) is 49.3 Å². The molecule has 1 N–H and O–H groups in total. The highest BCUT2D eigenvalue weighted by Crippen LogP contribution is 2.47. The monoisotopic (exact) mass is 419 g/mol. The highest BCUT2D eigenvalue weighted by Gasteiger charge is 2.42. The minimum atomic E-state index is -3.53. The summed E-state index contributed by atoms with van der Waals surface area (Å²) in [6.07, 6.45) is 5.49. The van der Waals surface area contributed by atoms with Crippen LogP contribution in [0.3, 0.4) is 0 Å². The second kappa shape index (κ2) is 8.37. The van der Waals surface area contributed by atoms with Crippen molar-refractivity contribution in [1.29, 1.82) is 0 Å². The third kappa shape index (κ3) is 4.03. The zero-order chi connectivity index (χ0) is 20.4. The van der Waals surface area contributed by atoms with E-state index >= 15 is 0 Å². The Hall–Kier alpha value is -1.66. The first kappa shape index (κ1) is 21.1. The molecule has 0 spiro atoms.